The van der Waals surface area contributed by atoms with E-state index in [1.54, 1.807) is 30.9 Å². The van der Waals surface area contributed by atoms with Gasteiger partial charge in [-0.2, -0.15) is 0 Å². The molecule has 0 spiro atoms. The van der Waals surface area contributed by atoms with E-state index >= 15 is 0 Å². The number of carboxylic acids is 1. The lowest BCUT2D eigenvalue weighted by Crippen LogP contribution is -2.46. The number of amides is 2. The lowest BCUT2D eigenvalue weighted by Gasteiger charge is -2.37. The largest absolute Gasteiger partial charge is 0.481 e. The van der Waals surface area contributed by atoms with Crippen LogP contribution in [0.4, 0.5) is 0 Å². The van der Waals surface area contributed by atoms with E-state index < -0.39 is 23.7 Å². The third-order valence-corrected chi connectivity index (χ3v) is 9.62. The second-order valence-corrected chi connectivity index (χ2v) is 14.8. The molecule has 0 saturated heterocycles. The number of aliphatic carboxylic acids is 1. The molecule has 294 valence electrons. The highest BCUT2D eigenvalue weighted by Crippen LogP contribution is 2.39. The fourth-order valence-electron chi connectivity index (χ4n) is 7.45. The molecular formula is C45H58N4O6. The zero-order valence-corrected chi connectivity index (χ0v) is 33.7. The lowest BCUT2D eigenvalue weighted by molar-refractivity contribution is -0.143. The summed E-state index contributed by atoms with van der Waals surface area (Å²) in [5, 5.41) is 9.54. The number of esters is 1. The van der Waals surface area contributed by atoms with Crippen molar-refractivity contribution in [3.05, 3.63) is 132 Å². The summed E-state index contributed by atoms with van der Waals surface area (Å²) in [6, 6.07) is 26.6. The summed E-state index contributed by atoms with van der Waals surface area (Å²) in [7, 11) is 1.37. The Bertz CT molecular complexity index is 1750. The van der Waals surface area contributed by atoms with Crippen LogP contribution in [0.25, 0.3) is 0 Å². The molecule has 0 aliphatic heterocycles. The molecule has 2 aromatic heterocycles. The Balaban J connectivity index is 0.000000296. The summed E-state index contributed by atoms with van der Waals surface area (Å²) >= 11 is 0. The molecule has 10 heteroatoms. The number of methoxy groups -OCH3 is 1. The summed E-state index contributed by atoms with van der Waals surface area (Å²) in [6.45, 7) is 16.0. The first-order chi connectivity index (χ1) is 26.2. The minimum Gasteiger partial charge on any atom is -0.481 e. The monoisotopic (exact) mass is 750 g/mol. The molecule has 10 nitrogen and oxygen atoms in total. The Labute approximate surface area is 327 Å². The second-order valence-electron chi connectivity index (χ2n) is 14.8. The summed E-state index contributed by atoms with van der Waals surface area (Å²) < 4.78 is 4.94. The first-order valence-electron chi connectivity index (χ1n) is 19.0. The average Bonchev–Trinajstić information content (AvgIpc) is 3.15. The van der Waals surface area contributed by atoms with E-state index in [4.69, 9.17) is 4.74 Å². The van der Waals surface area contributed by atoms with Crippen LogP contribution in [0.3, 0.4) is 0 Å². The Hall–Kier alpha value is -5.38. The van der Waals surface area contributed by atoms with Gasteiger partial charge < -0.3 is 19.6 Å². The van der Waals surface area contributed by atoms with Crippen LogP contribution in [0.15, 0.2) is 110 Å². The van der Waals surface area contributed by atoms with E-state index in [1.807, 2.05) is 144 Å². The Kier molecular flexibility index (Phi) is 17.2. The maximum absolute atomic E-state index is 13.8. The highest BCUT2D eigenvalue weighted by molar-refractivity contribution is 5.87. The van der Waals surface area contributed by atoms with Crippen molar-refractivity contribution in [2.75, 3.05) is 7.11 Å². The van der Waals surface area contributed by atoms with E-state index in [0.717, 1.165) is 22.3 Å². The summed E-state index contributed by atoms with van der Waals surface area (Å²) in [6.07, 6.45) is 6.72. The molecule has 0 fully saturated rings. The molecule has 2 heterocycles. The van der Waals surface area contributed by atoms with Crippen LogP contribution in [-0.2, 0) is 23.9 Å². The van der Waals surface area contributed by atoms with Crippen molar-refractivity contribution in [3.63, 3.8) is 0 Å². The molecule has 0 aliphatic carbocycles. The van der Waals surface area contributed by atoms with Gasteiger partial charge in [-0.1, -0.05) is 72.8 Å². The highest BCUT2D eigenvalue weighted by atomic mass is 16.5. The maximum Gasteiger partial charge on any atom is 0.306 e. The molecule has 2 amide bonds. The van der Waals surface area contributed by atoms with Crippen LogP contribution >= 0.6 is 0 Å². The molecule has 1 N–H and O–H groups in total. The van der Waals surface area contributed by atoms with Gasteiger partial charge in [-0.25, -0.2) is 0 Å². The van der Waals surface area contributed by atoms with Gasteiger partial charge in [-0.15, -0.1) is 0 Å². The van der Waals surface area contributed by atoms with E-state index in [1.165, 1.54) is 7.11 Å². The predicted molar refractivity (Wildman–Crippen MR) is 215 cm³/mol. The third kappa shape index (κ3) is 12.3. The number of carbonyl (C=O) groups is 4. The number of benzene rings is 2. The first kappa shape index (κ1) is 44.0. The Morgan fingerprint density at radius 3 is 1.18 bits per heavy atom. The van der Waals surface area contributed by atoms with Gasteiger partial charge in [0.2, 0.25) is 11.8 Å². The molecule has 0 saturated carbocycles. The number of pyridine rings is 2. The van der Waals surface area contributed by atoms with Gasteiger partial charge in [0.1, 0.15) is 0 Å². The van der Waals surface area contributed by atoms with Gasteiger partial charge in [0.05, 0.1) is 31.8 Å². The molecule has 4 unspecified atom stereocenters. The van der Waals surface area contributed by atoms with Crippen LogP contribution in [0, 0.1) is 0 Å². The van der Waals surface area contributed by atoms with Crippen molar-refractivity contribution in [1.29, 1.82) is 0 Å². The Morgan fingerprint density at radius 1 is 0.545 bits per heavy atom. The van der Waals surface area contributed by atoms with Crippen molar-refractivity contribution in [3.8, 4) is 0 Å². The van der Waals surface area contributed by atoms with Crippen molar-refractivity contribution in [2.24, 2.45) is 0 Å². The van der Waals surface area contributed by atoms with E-state index in [-0.39, 0.29) is 60.7 Å². The number of carbonyl (C=O) groups excluding carboxylic acids is 3. The molecule has 4 atom stereocenters. The molecule has 2 aromatic carbocycles. The SMILES string of the molecule is CC(C)N(C(=O)C(c1cccnc1)C(CC(=O)O)c1ccccc1)C(C)C.COC(=O)CC(c1ccccc1)C(C(=O)N(C(C)C)C(C)C)c1cccnc1. The van der Waals surface area contributed by atoms with Crippen molar-refractivity contribution < 1.29 is 29.0 Å². The second kappa shape index (κ2) is 21.5. The van der Waals surface area contributed by atoms with Crippen LogP contribution < -0.4 is 0 Å². The number of ether oxygens (including phenoxy) is 1. The van der Waals surface area contributed by atoms with Gasteiger partial charge in [-0.3, -0.25) is 29.1 Å². The van der Waals surface area contributed by atoms with Gasteiger partial charge >= 0.3 is 11.9 Å². The van der Waals surface area contributed by atoms with Gasteiger partial charge in [-0.05, 0) is 89.8 Å². The number of aromatic nitrogens is 2. The van der Waals surface area contributed by atoms with Crippen LogP contribution in [-0.4, -0.2) is 79.9 Å². The smallest absolute Gasteiger partial charge is 0.306 e. The molecular weight excluding hydrogens is 693 g/mol. The topological polar surface area (TPSA) is 130 Å². The number of nitrogens with zero attached hydrogens (tertiary/aromatic N) is 4. The fraction of sp³-hybridized carbons (Fsp3) is 0.422. The molecule has 4 rings (SSSR count). The average molecular weight is 751 g/mol. The van der Waals surface area contributed by atoms with E-state index in [9.17, 15) is 24.3 Å². The summed E-state index contributed by atoms with van der Waals surface area (Å²) in [4.78, 5) is 63.4. The van der Waals surface area contributed by atoms with Crippen molar-refractivity contribution in [1.82, 2.24) is 19.8 Å². The first-order valence-corrected chi connectivity index (χ1v) is 19.0. The zero-order chi connectivity index (χ0) is 40.7. The van der Waals surface area contributed by atoms with Crippen LogP contribution in [0.5, 0.6) is 0 Å². The van der Waals surface area contributed by atoms with Gasteiger partial charge in [0.25, 0.3) is 0 Å². The summed E-state index contributed by atoms with van der Waals surface area (Å²) in [5.74, 6) is -3.28. The van der Waals surface area contributed by atoms with E-state index in [0.29, 0.717) is 0 Å². The van der Waals surface area contributed by atoms with E-state index in [2.05, 4.69) is 9.97 Å². The minimum absolute atomic E-state index is 0.00393. The predicted octanol–water partition coefficient (Wildman–Crippen LogP) is 8.23. The molecule has 0 aliphatic rings. The molecule has 55 heavy (non-hydrogen) atoms. The molecule has 0 radical (unpaired) electrons. The van der Waals surface area contributed by atoms with Gasteiger partial charge in [0.15, 0.2) is 0 Å². The normalized spacial score (nSPS) is 13.3. The molecule has 4 aromatic rings. The van der Waals surface area contributed by atoms with Crippen molar-refractivity contribution >= 4 is 23.8 Å². The van der Waals surface area contributed by atoms with Crippen molar-refractivity contribution in [2.45, 2.75) is 116 Å². The van der Waals surface area contributed by atoms with Gasteiger partial charge in [0, 0.05) is 60.8 Å². The van der Waals surface area contributed by atoms with Crippen LogP contribution in [0.1, 0.15) is 114 Å². The number of carboxylic acid groups (broad SMARTS) is 1. The number of hydrogen-bond donors (Lipinski definition) is 1. The number of hydrogen-bond acceptors (Lipinski definition) is 7. The lowest BCUT2D eigenvalue weighted by atomic mass is 9.78. The quantitative estimate of drug-likeness (QED) is 0.113. The zero-order valence-electron chi connectivity index (χ0n) is 33.7. The maximum atomic E-state index is 13.8. The Morgan fingerprint density at radius 2 is 0.891 bits per heavy atom. The highest BCUT2D eigenvalue weighted by Gasteiger charge is 2.39. The number of rotatable bonds is 16. The standard InChI is InChI=1S/C23H30N2O3.C22H28N2O3/c1-16(2)25(17(3)4)23(27)22(19-12-9-13-24-15-19)20(14-21(26)28-5)18-10-7-6-8-11-18;1-15(2)24(16(3)4)22(27)21(18-11-8-12-23-14-18)19(13-20(25)26)17-9-6-5-7-10-17/h6-13,15-17,20,22H,14H2,1-5H3;5-12,14-16,19,21H,13H2,1-4H3,(H,25,26). The van der Waals surface area contributed by atoms with Crippen LogP contribution in [0.2, 0.25) is 0 Å². The summed E-state index contributed by atoms with van der Waals surface area (Å²) in [5.41, 5.74) is 3.32. The third-order valence-electron chi connectivity index (χ3n) is 9.62. The minimum atomic E-state index is -0.925. The molecule has 0 bridgehead atoms. The fourth-order valence-corrected chi connectivity index (χ4v) is 7.45.